The molecule has 2 fully saturated rings. The Kier molecular flexibility index (Phi) is 3.12. The number of aromatic carboxylic acids is 1. The largest absolute Gasteiger partial charge is 0.478 e. The Morgan fingerprint density at radius 2 is 2.32 bits per heavy atom. The minimum atomic E-state index is -0.940. The highest BCUT2D eigenvalue weighted by molar-refractivity contribution is 5.93. The molecule has 3 unspecified atom stereocenters. The lowest BCUT2D eigenvalue weighted by Gasteiger charge is -2.28. The summed E-state index contributed by atoms with van der Waals surface area (Å²) in [6.45, 7) is 0.889. The summed E-state index contributed by atoms with van der Waals surface area (Å²) < 4.78 is 0. The van der Waals surface area contributed by atoms with Crippen LogP contribution in [0, 0.1) is 17.8 Å². The quantitative estimate of drug-likeness (QED) is 0.898. The Morgan fingerprint density at radius 3 is 2.95 bits per heavy atom. The molecular weight excluding hydrogens is 242 g/mol. The fourth-order valence-corrected chi connectivity index (χ4v) is 3.81. The molecule has 2 aliphatic carbocycles. The predicted molar refractivity (Wildman–Crippen MR) is 71.2 cm³/mol. The van der Waals surface area contributed by atoms with Crippen LogP contribution in [0.1, 0.15) is 36.0 Å². The second-order valence-electron chi connectivity index (χ2n) is 5.89. The first-order valence-corrected chi connectivity index (χ1v) is 6.91. The molecule has 1 N–H and O–H groups in total. The zero-order chi connectivity index (χ0) is 13.4. The average Bonchev–Trinajstić information content (AvgIpc) is 3.01. The van der Waals surface area contributed by atoms with Crippen LogP contribution in [0.3, 0.4) is 0 Å². The van der Waals surface area contributed by atoms with E-state index in [1.165, 1.54) is 37.9 Å². The third-order valence-electron chi connectivity index (χ3n) is 4.69. The summed E-state index contributed by atoms with van der Waals surface area (Å²) in [5.74, 6) is 1.97. The molecule has 0 spiro atoms. The Labute approximate surface area is 112 Å². The number of hydrogen-bond donors (Lipinski definition) is 1. The van der Waals surface area contributed by atoms with Crippen molar-refractivity contribution in [2.24, 2.45) is 17.8 Å². The summed E-state index contributed by atoms with van der Waals surface area (Å²) in [4.78, 5) is 13.2. The lowest BCUT2D eigenvalue weighted by Crippen LogP contribution is -2.30. The molecule has 102 valence electrons. The Hall–Kier alpha value is -1.65. The highest BCUT2D eigenvalue weighted by Gasteiger charge is 2.40. The lowest BCUT2D eigenvalue weighted by molar-refractivity contribution is 0.0697. The monoisotopic (exact) mass is 261 g/mol. The first-order valence-electron chi connectivity index (χ1n) is 6.91. The van der Waals surface area contributed by atoms with Gasteiger partial charge < -0.3 is 10.0 Å². The van der Waals surface area contributed by atoms with Crippen LogP contribution in [0.2, 0.25) is 0 Å². The van der Waals surface area contributed by atoms with Crippen LogP contribution < -0.4 is 4.90 Å². The molecule has 0 radical (unpaired) electrons. The van der Waals surface area contributed by atoms with Crippen LogP contribution >= 0.6 is 0 Å². The van der Waals surface area contributed by atoms with Gasteiger partial charge >= 0.3 is 5.97 Å². The standard InChI is InChI=1S/C14H19N3O2/c1-17(8-11-7-9-2-3-10(11)6-9)13-12(14(18)19)4-5-15-16-13/h4-5,9-11H,2-3,6-8H2,1H3,(H,18,19). The van der Waals surface area contributed by atoms with Crippen LogP contribution in [-0.4, -0.2) is 34.9 Å². The molecule has 19 heavy (non-hydrogen) atoms. The van der Waals surface area contributed by atoms with E-state index >= 15 is 0 Å². The van der Waals surface area contributed by atoms with E-state index in [0.29, 0.717) is 11.7 Å². The minimum Gasteiger partial charge on any atom is -0.478 e. The maximum Gasteiger partial charge on any atom is 0.339 e. The Bertz CT molecular complexity index is 491. The molecule has 1 heterocycles. The molecule has 5 nitrogen and oxygen atoms in total. The second-order valence-corrected chi connectivity index (χ2v) is 5.89. The van der Waals surface area contributed by atoms with Crippen molar-refractivity contribution in [3.8, 4) is 0 Å². The van der Waals surface area contributed by atoms with Crippen LogP contribution in [-0.2, 0) is 0 Å². The van der Waals surface area contributed by atoms with Crippen molar-refractivity contribution in [3.63, 3.8) is 0 Å². The van der Waals surface area contributed by atoms with Gasteiger partial charge in [0, 0.05) is 13.6 Å². The maximum absolute atomic E-state index is 11.2. The molecule has 3 atom stereocenters. The first kappa shape index (κ1) is 12.4. The highest BCUT2D eigenvalue weighted by Crippen LogP contribution is 2.48. The van der Waals surface area contributed by atoms with E-state index < -0.39 is 5.97 Å². The van der Waals surface area contributed by atoms with E-state index in [-0.39, 0.29) is 5.56 Å². The van der Waals surface area contributed by atoms with Crippen molar-refractivity contribution >= 4 is 11.8 Å². The molecular formula is C14H19N3O2. The minimum absolute atomic E-state index is 0.237. The first-order chi connectivity index (χ1) is 9.15. The SMILES string of the molecule is CN(CC1CC2CCC1C2)c1nnccc1C(=O)O. The fraction of sp³-hybridized carbons (Fsp3) is 0.643. The number of rotatable bonds is 4. The summed E-state index contributed by atoms with van der Waals surface area (Å²) in [5.41, 5.74) is 0.237. The third kappa shape index (κ3) is 2.29. The highest BCUT2D eigenvalue weighted by atomic mass is 16.4. The number of hydrogen-bond acceptors (Lipinski definition) is 4. The van der Waals surface area contributed by atoms with Gasteiger partial charge in [0.25, 0.3) is 0 Å². The van der Waals surface area contributed by atoms with Crippen molar-refractivity contribution < 1.29 is 9.90 Å². The Balaban J connectivity index is 1.74. The van der Waals surface area contributed by atoms with Crippen LogP contribution in [0.5, 0.6) is 0 Å². The van der Waals surface area contributed by atoms with Gasteiger partial charge in [-0.3, -0.25) is 0 Å². The summed E-state index contributed by atoms with van der Waals surface area (Å²) in [6, 6.07) is 1.52. The van der Waals surface area contributed by atoms with Crippen LogP contribution in [0.4, 0.5) is 5.82 Å². The summed E-state index contributed by atoms with van der Waals surface area (Å²) in [6.07, 6.45) is 6.81. The number of carbonyl (C=O) groups is 1. The molecule has 0 aromatic carbocycles. The van der Waals surface area contributed by atoms with Gasteiger partial charge in [0.05, 0.1) is 6.20 Å². The zero-order valence-electron chi connectivity index (χ0n) is 11.1. The predicted octanol–water partition coefficient (Wildman–Crippen LogP) is 2.05. The normalized spacial score (nSPS) is 28.6. The number of fused-ring (bicyclic) bond motifs is 2. The maximum atomic E-state index is 11.2. The van der Waals surface area contributed by atoms with Gasteiger partial charge in [-0.15, -0.1) is 5.10 Å². The summed E-state index contributed by atoms with van der Waals surface area (Å²) in [7, 11) is 1.92. The van der Waals surface area contributed by atoms with Gasteiger partial charge in [-0.05, 0) is 43.1 Å². The van der Waals surface area contributed by atoms with E-state index in [1.54, 1.807) is 0 Å². The van der Waals surface area contributed by atoms with Crippen molar-refractivity contribution in [2.45, 2.75) is 25.7 Å². The molecule has 1 aromatic heterocycles. The third-order valence-corrected chi connectivity index (χ3v) is 4.69. The van der Waals surface area contributed by atoms with Gasteiger partial charge in [-0.1, -0.05) is 6.42 Å². The van der Waals surface area contributed by atoms with Crippen molar-refractivity contribution in [2.75, 3.05) is 18.5 Å². The topological polar surface area (TPSA) is 66.3 Å². The van der Waals surface area contributed by atoms with Gasteiger partial charge in [-0.2, -0.15) is 5.10 Å². The average molecular weight is 261 g/mol. The molecule has 0 amide bonds. The van der Waals surface area contributed by atoms with Crippen LogP contribution in [0.15, 0.2) is 12.3 Å². The zero-order valence-corrected chi connectivity index (χ0v) is 11.1. The summed E-state index contributed by atoms with van der Waals surface area (Å²) in [5, 5.41) is 17.0. The van der Waals surface area contributed by atoms with E-state index in [4.69, 9.17) is 0 Å². The van der Waals surface area contributed by atoms with E-state index in [9.17, 15) is 9.90 Å². The van der Waals surface area contributed by atoms with Crippen molar-refractivity contribution in [1.29, 1.82) is 0 Å². The molecule has 2 saturated carbocycles. The smallest absolute Gasteiger partial charge is 0.339 e. The van der Waals surface area contributed by atoms with Gasteiger partial charge in [0.2, 0.25) is 0 Å². The number of carboxylic acids is 1. The number of aromatic nitrogens is 2. The molecule has 2 aliphatic rings. The molecule has 2 bridgehead atoms. The number of carboxylic acid groups (broad SMARTS) is 1. The van der Waals surface area contributed by atoms with E-state index in [2.05, 4.69) is 10.2 Å². The van der Waals surface area contributed by atoms with Crippen molar-refractivity contribution in [3.05, 3.63) is 17.8 Å². The molecule has 0 saturated heterocycles. The molecule has 3 rings (SSSR count). The number of anilines is 1. The number of nitrogens with zero attached hydrogens (tertiary/aromatic N) is 3. The van der Waals surface area contributed by atoms with Gasteiger partial charge in [-0.25, -0.2) is 4.79 Å². The molecule has 0 aliphatic heterocycles. The van der Waals surface area contributed by atoms with E-state index in [1.807, 2.05) is 11.9 Å². The second kappa shape index (κ2) is 4.79. The van der Waals surface area contributed by atoms with Crippen molar-refractivity contribution in [1.82, 2.24) is 10.2 Å². The fourth-order valence-electron chi connectivity index (χ4n) is 3.81. The van der Waals surface area contributed by atoms with Gasteiger partial charge in [0.1, 0.15) is 5.56 Å². The van der Waals surface area contributed by atoms with Crippen LogP contribution in [0.25, 0.3) is 0 Å². The molecule has 1 aromatic rings. The van der Waals surface area contributed by atoms with E-state index in [0.717, 1.165) is 18.4 Å². The summed E-state index contributed by atoms with van der Waals surface area (Å²) >= 11 is 0. The Morgan fingerprint density at radius 1 is 1.47 bits per heavy atom. The molecule has 5 heteroatoms. The van der Waals surface area contributed by atoms with Gasteiger partial charge in [0.15, 0.2) is 5.82 Å². The lowest BCUT2D eigenvalue weighted by atomic mass is 9.88.